The van der Waals surface area contributed by atoms with E-state index in [1.807, 2.05) is 44.2 Å². The molecular weight excluding hydrogens is 314 g/mol. The number of amides is 2. The Kier molecular flexibility index (Phi) is 6.06. The SMILES string of the molecule is Cc1cc(C)cc(NC(=O)C(=O)N/N=C\c2ccc(C(C)C)cc2)c1. The van der Waals surface area contributed by atoms with Crippen LogP contribution in [0, 0.1) is 13.8 Å². The van der Waals surface area contributed by atoms with Crippen LogP contribution in [0.4, 0.5) is 5.69 Å². The summed E-state index contributed by atoms with van der Waals surface area (Å²) in [6.07, 6.45) is 1.51. The number of anilines is 1. The molecule has 0 unspecified atom stereocenters. The summed E-state index contributed by atoms with van der Waals surface area (Å²) in [5, 5.41) is 6.40. The standard InChI is InChI=1S/C20H23N3O2/c1-13(2)17-7-5-16(6-8-17)12-21-23-20(25)19(24)22-18-10-14(3)9-15(4)11-18/h5-13H,1-4H3,(H,22,24)(H,23,25)/b21-12-. The summed E-state index contributed by atoms with van der Waals surface area (Å²) in [6.45, 7) is 8.10. The lowest BCUT2D eigenvalue weighted by atomic mass is 10.0. The number of carbonyl (C=O) groups excluding carboxylic acids is 2. The Labute approximate surface area is 148 Å². The van der Waals surface area contributed by atoms with Crippen LogP contribution in [0.3, 0.4) is 0 Å². The Morgan fingerprint density at radius 1 is 0.960 bits per heavy atom. The van der Waals surface area contributed by atoms with Crippen molar-refractivity contribution in [1.82, 2.24) is 5.43 Å². The van der Waals surface area contributed by atoms with Crippen molar-refractivity contribution in [3.63, 3.8) is 0 Å². The highest BCUT2D eigenvalue weighted by Gasteiger charge is 2.13. The molecule has 2 amide bonds. The molecule has 0 heterocycles. The van der Waals surface area contributed by atoms with Crippen molar-refractivity contribution in [2.45, 2.75) is 33.6 Å². The summed E-state index contributed by atoms with van der Waals surface area (Å²) in [4.78, 5) is 23.7. The maximum Gasteiger partial charge on any atom is 0.329 e. The summed E-state index contributed by atoms with van der Waals surface area (Å²) in [7, 11) is 0. The first kappa shape index (κ1) is 18.4. The van der Waals surface area contributed by atoms with Crippen molar-refractivity contribution < 1.29 is 9.59 Å². The lowest BCUT2D eigenvalue weighted by molar-refractivity contribution is -0.136. The van der Waals surface area contributed by atoms with Gasteiger partial charge < -0.3 is 5.32 Å². The number of nitrogens with zero attached hydrogens (tertiary/aromatic N) is 1. The second-order valence-electron chi connectivity index (χ2n) is 6.35. The van der Waals surface area contributed by atoms with Crippen LogP contribution in [0.5, 0.6) is 0 Å². The van der Waals surface area contributed by atoms with Crippen molar-refractivity contribution >= 4 is 23.7 Å². The largest absolute Gasteiger partial charge is 0.329 e. The number of aryl methyl sites for hydroxylation is 2. The van der Waals surface area contributed by atoms with E-state index < -0.39 is 11.8 Å². The fourth-order valence-corrected chi connectivity index (χ4v) is 2.42. The number of hydrogen-bond acceptors (Lipinski definition) is 3. The molecule has 0 aliphatic heterocycles. The maximum absolute atomic E-state index is 11.9. The lowest BCUT2D eigenvalue weighted by Gasteiger charge is -2.06. The molecule has 0 bridgehead atoms. The molecular formula is C20H23N3O2. The van der Waals surface area contributed by atoms with E-state index in [4.69, 9.17) is 0 Å². The highest BCUT2D eigenvalue weighted by atomic mass is 16.2. The third kappa shape index (κ3) is 5.57. The van der Waals surface area contributed by atoms with Crippen LogP contribution in [-0.4, -0.2) is 18.0 Å². The average Bonchev–Trinajstić information content (AvgIpc) is 2.54. The molecule has 5 heteroatoms. The van der Waals surface area contributed by atoms with E-state index in [0.717, 1.165) is 16.7 Å². The van der Waals surface area contributed by atoms with Gasteiger partial charge in [-0.2, -0.15) is 5.10 Å². The molecule has 2 rings (SSSR count). The van der Waals surface area contributed by atoms with Crippen LogP contribution in [0.25, 0.3) is 0 Å². The zero-order valence-electron chi connectivity index (χ0n) is 15.0. The molecule has 25 heavy (non-hydrogen) atoms. The van der Waals surface area contributed by atoms with Crippen LogP contribution in [0.2, 0.25) is 0 Å². The van der Waals surface area contributed by atoms with E-state index in [-0.39, 0.29) is 0 Å². The van der Waals surface area contributed by atoms with Gasteiger partial charge in [-0.25, -0.2) is 5.43 Å². The van der Waals surface area contributed by atoms with Gasteiger partial charge in [0, 0.05) is 5.69 Å². The summed E-state index contributed by atoms with van der Waals surface area (Å²) in [5.74, 6) is -1.11. The Bertz CT molecular complexity index is 773. The zero-order chi connectivity index (χ0) is 18.4. The predicted molar refractivity (Wildman–Crippen MR) is 101 cm³/mol. The third-order valence-corrected chi connectivity index (χ3v) is 3.67. The van der Waals surface area contributed by atoms with Gasteiger partial charge in [-0.1, -0.05) is 44.2 Å². The molecule has 5 nitrogen and oxygen atoms in total. The van der Waals surface area contributed by atoms with Gasteiger partial charge in [-0.3, -0.25) is 9.59 Å². The molecule has 0 aromatic heterocycles. The summed E-state index contributed by atoms with van der Waals surface area (Å²) < 4.78 is 0. The van der Waals surface area contributed by atoms with Gasteiger partial charge in [0.05, 0.1) is 6.21 Å². The van der Waals surface area contributed by atoms with Gasteiger partial charge in [0.1, 0.15) is 0 Å². The predicted octanol–water partition coefficient (Wildman–Crippen LogP) is 3.52. The van der Waals surface area contributed by atoms with Crippen molar-refractivity contribution in [3.8, 4) is 0 Å². The normalized spacial score (nSPS) is 10.9. The first-order valence-electron chi connectivity index (χ1n) is 8.18. The number of benzene rings is 2. The van der Waals surface area contributed by atoms with E-state index in [2.05, 4.69) is 29.7 Å². The van der Waals surface area contributed by atoms with Gasteiger partial charge in [-0.05, 0) is 54.2 Å². The van der Waals surface area contributed by atoms with E-state index in [9.17, 15) is 9.59 Å². The lowest BCUT2D eigenvalue weighted by Crippen LogP contribution is -2.32. The highest BCUT2D eigenvalue weighted by Crippen LogP contribution is 2.14. The van der Waals surface area contributed by atoms with Crippen LogP contribution in [0.1, 0.15) is 42.0 Å². The van der Waals surface area contributed by atoms with Crippen LogP contribution in [-0.2, 0) is 9.59 Å². The number of carbonyl (C=O) groups is 2. The van der Waals surface area contributed by atoms with Crippen molar-refractivity contribution in [2.75, 3.05) is 5.32 Å². The van der Waals surface area contributed by atoms with E-state index >= 15 is 0 Å². The molecule has 0 saturated carbocycles. The van der Waals surface area contributed by atoms with E-state index in [1.165, 1.54) is 11.8 Å². The number of nitrogens with one attached hydrogen (secondary N) is 2. The first-order valence-corrected chi connectivity index (χ1v) is 8.18. The van der Waals surface area contributed by atoms with Gasteiger partial charge >= 0.3 is 11.8 Å². The first-order chi connectivity index (χ1) is 11.8. The number of hydrogen-bond donors (Lipinski definition) is 2. The van der Waals surface area contributed by atoms with Crippen molar-refractivity contribution in [3.05, 3.63) is 64.7 Å². The molecule has 130 valence electrons. The molecule has 0 saturated heterocycles. The maximum atomic E-state index is 11.9. The fraction of sp³-hybridized carbons (Fsp3) is 0.250. The average molecular weight is 337 g/mol. The minimum absolute atomic E-state index is 0.458. The van der Waals surface area contributed by atoms with Crippen LogP contribution in [0.15, 0.2) is 47.6 Å². The minimum Gasteiger partial charge on any atom is -0.318 e. The monoisotopic (exact) mass is 337 g/mol. The Morgan fingerprint density at radius 3 is 2.12 bits per heavy atom. The second-order valence-corrected chi connectivity index (χ2v) is 6.35. The van der Waals surface area contributed by atoms with Crippen molar-refractivity contribution in [2.24, 2.45) is 5.10 Å². The highest BCUT2D eigenvalue weighted by molar-refractivity contribution is 6.39. The molecule has 0 spiro atoms. The number of rotatable bonds is 4. The Hall–Kier alpha value is -2.95. The van der Waals surface area contributed by atoms with Crippen molar-refractivity contribution in [1.29, 1.82) is 0 Å². The molecule has 2 aromatic rings. The molecule has 0 aliphatic rings. The van der Waals surface area contributed by atoms with Gasteiger partial charge in [0.25, 0.3) is 0 Å². The molecule has 0 atom stereocenters. The summed E-state index contributed by atoms with van der Waals surface area (Å²) in [6, 6.07) is 13.5. The van der Waals surface area contributed by atoms with E-state index in [0.29, 0.717) is 11.6 Å². The zero-order valence-corrected chi connectivity index (χ0v) is 15.0. The second kappa shape index (κ2) is 8.24. The molecule has 0 aliphatic carbocycles. The summed E-state index contributed by atoms with van der Waals surface area (Å²) in [5.41, 5.74) is 6.93. The van der Waals surface area contributed by atoms with Gasteiger partial charge in [0.2, 0.25) is 0 Å². The van der Waals surface area contributed by atoms with E-state index in [1.54, 1.807) is 12.1 Å². The Morgan fingerprint density at radius 2 is 1.56 bits per heavy atom. The van der Waals surface area contributed by atoms with Gasteiger partial charge in [-0.15, -0.1) is 0 Å². The van der Waals surface area contributed by atoms with Gasteiger partial charge in [0.15, 0.2) is 0 Å². The topological polar surface area (TPSA) is 70.6 Å². The van der Waals surface area contributed by atoms with Crippen LogP contribution >= 0.6 is 0 Å². The molecule has 0 radical (unpaired) electrons. The summed E-state index contributed by atoms with van der Waals surface area (Å²) >= 11 is 0. The molecule has 2 aromatic carbocycles. The van der Waals surface area contributed by atoms with Crippen LogP contribution < -0.4 is 10.7 Å². The smallest absolute Gasteiger partial charge is 0.318 e. The number of hydrazone groups is 1. The molecule has 2 N–H and O–H groups in total. The molecule has 0 fully saturated rings. The fourth-order valence-electron chi connectivity index (χ4n) is 2.42. The minimum atomic E-state index is -0.811. The Balaban J connectivity index is 1.91. The third-order valence-electron chi connectivity index (χ3n) is 3.67. The quantitative estimate of drug-likeness (QED) is 0.509.